The number of nitrogens with two attached hydrogens (primary N) is 1. The SMILES string of the molecule is Cc1ccc2ncc3nc(CCCN)n(C)c3c2c1.Cl. The van der Waals surface area contributed by atoms with Crippen LogP contribution in [-0.2, 0) is 13.5 Å². The van der Waals surface area contributed by atoms with Crippen LogP contribution in [0.3, 0.4) is 0 Å². The maximum atomic E-state index is 5.58. The summed E-state index contributed by atoms with van der Waals surface area (Å²) in [6, 6.07) is 6.34. The second kappa shape index (κ2) is 5.77. The van der Waals surface area contributed by atoms with Crippen LogP contribution in [-0.4, -0.2) is 21.1 Å². The van der Waals surface area contributed by atoms with Crippen molar-refractivity contribution in [2.75, 3.05) is 6.54 Å². The smallest absolute Gasteiger partial charge is 0.109 e. The van der Waals surface area contributed by atoms with Crippen molar-refractivity contribution >= 4 is 34.3 Å². The molecule has 2 aromatic heterocycles. The van der Waals surface area contributed by atoms with Crippen molar-refractivity contribution in [1.82, 2.24) is 14.5 Å². The van der Waals surface area contributed by atoms with Gasteiger partial charge in [-0.2, -0.15) is 0 Å². The van der Waals surface area contributed by atoms with E-state index in [4.69, 9.17) is 5.73 Å². The number of pyridine rings is 1. The van der Waals surface area contributed by atoms with E-state index in [0.29, 0.717) is 6.54 Å². The Morgan fingerprint density at radius 2 is 2.05 bits per heavy atom. The van der Waals surface area contributed by atoms with Crippen LogP contribution in [0.1, 0.15) is 17.8 Å². The fourth-order valence-corrected chi connectivity index (χ4v) is 2.54. The summed E-state index contributed by atoms with van der Waals surface area (Å²) in [5.41, 5.74) is 9.98. The molecule has 0 bridgehead atoms. The third-order valence-corrected chi connectivity index (χ3v) is 3.55. The quantitative estimate of drug-likeness (QED) is 0.807. The van der Waals surface area contributed by atoms with E-state index in [2.05, 4.69) is 46.7 Å². The first kappa shape index (κ1) is 14.8. The molecule has 0 aliphatic rings. The third kappa shape index (κ3) is 2.37. The summed E-state index contributed by atoms with van der Waals surface area (Å²) >= 11 is 0. The lowest BCUT2D eigenvalue weighted by molar-refractivity contribution is 0.741. The lowest BCUT2D eigenvalue weighted by atomic mass is 10.1. The monoisotopic (exact) mass is 290 g/mol. The van der Waals surface area contributed by atoms with Gasteiger partial charge in [0, 0.05) is 18.9 Å². The van der Waals surface area contributed by atoms with Gasteiger partial charge in [0.1, 0.15) is 11.3 Å². The summed E-state index contributed by atoms with van der Waals surface area (Å²) < 4.78 is 2.18. The minimum atomic E-state index is 0. The molecule has 0 saturated heterocycles. The first-order chi connectivity index (χ1) is 9.20. The Bertz CT molecular complexity index is 748. The molecular formula is C15H19ClN4. The summed E-state index contributed by atoms with van der Waals surface area (Å²) in [5, 5.41) is 1.17. The van der Waals surface area contributed by atoms with Crippen LogP contribution in [0, 0.1) is 6.92 Å². The number of aromatic nitrogens is 3. The van der Waals surface area contributed by atoms with E-state index < -0.39 is 0 Å². The maximum absolute atomic E-state index is 5.58. The standard InChI is InChI=1S/C15H18N4.ClH/c1-10-5-6-12-11(8-10)15-13(9-17-12)18-14(19(15)2)4-3-7-16;/h5-6,8-9H,3-4,7,16H2,1-2H3;1H. The van der Waals surface area contributed by atoms with Gasteiger partial charge in [0.25, 0.3) is 0 Å². The van der Waals surface area contributed by atoms with Gasteiger partial charge in [-0.25, -0.2) is 4.98 Å². The minimum absolute atomic E-state index is 0. The summed E-state index contributed by atoms with van der Waals surface area (Å²) in [4.78, 5) is 9.16. The van der Waals surface area contributed by atoms with Crippen molar-refractivity contribution in [3.05, 3.63) is 35.8 Å². The summed E-state index contributed by atoms with van der Waals surface area (Å²) in [5.74, 6) is 1.08. The molecule has 0 spiro atoms. The molecule has 0 radical (unpaired) electrons. The number of imidazole rings is 1. The molecule has 0 atom stereocenters. The molecule has 0 fully saturated rings. The fourth-order valence-electron chi connectivity index (χ4n) is 2.54. The number of nitrogens with zero attached hydrogens (tertiary/aromatic N) is 3. The molecule has 4 nitrogen and oxygen atoms in total. The van der Waals surface area contributed by atoms with Crippen molar-refractivity contribution in [3.8, 4) is 0 Å². The van der Waals surface area contributed by atoms with Crippen molar-refractivity contribution in [2.24, 2.45) is 12.8 Å². The predicted molar refractivity (Wildman–Crippen MR) is 85.4 cm³/mol. The predicted octanol–water partition coefficient (Wildman–Crippen LogP) is 2.74. The van der Waals surface area contributed by atoms with Crippen LogP contribution >= 0.6 is 12.4 Å². The van der Waals surface area contributed by atoms with Crippen molar-refractivity contribution in [2.45, 2.75) is 19.8 Å². The van der Waals surface area contributed by atoms with Crippen molar-refractivity contribution in [3.63, 3.8) is 0 Å². The van der Waals surface area contributed by atoms with Gasteiger partial charge in [0.2, 0.25) is 0 Å². The molecule has 0 aliphatic heterocycles. The zero-order valence-electron chi connectivity index (χ0n) is 11.8. The Kier molecular flexibility index (Phi) is 4.26. The lowest BCUT2D eigenvalue weighted by Crippen LogP contribution is -2.04. The number of hydrogen-bond acceptors (Lipinski definition) is 3. The molecule has 20 heavy (non-hydrogen) atoms. The summed E-state index contributed by atoms with van der Waals surface area (Å²) in [7, 11) is 2.07. The van der Waals surface area contributed by atoms with Crippen LogP contribution in [0.4, 0.5) is 0 Å². The number of benzene rings is 1. The Morgan fingerprint density at radius 1 is 1.25 bits per heavy atom. The van der Waals surface area contributed by atoms with E-state index in [1.54, 1.807) is 0 Å². The molecule has 0 saturated carbocycles. The minimum Gasteiger partial charge on any atom is -0.331 e. The second-order valence-electron chi connectivity index (χ2n) is 4.99. The normalized spacial score (nSPS) is 10.9. The first-order valence-electron chi connectivity index (χ1n) is 6.61. The lowest BCUT2D eigenvalue weighted by Gasteiger charge is -2.04. The topological polar surface area (TPSA) is 56.7 Å². The molecule has 3 aromatic rings. The van der Waals surface area contributed by atoms with Crippen LogP contribution < -0.4 is 5.73 Å². The highest BCUT2D eigenvalue weighted by molar-refractivity contribution is 6.02. The van der Waals surface area contributed by atoms with Gasteiger partial charge in [-0.1, -0.05) is 11.6 Å². The molecule has 0 aliphatic carbocycles. The average molecular weight is 291 g/mol. The molecule has 2 N–H and O–H groups in total. The van der Waals surface area contributed by atoms with E-state index in [9.17, 15) is 0 Å². The van der Waals surface area contributed by atoms with Gasteiger partial charge < -0.3 is 10.3 Å². The zero-order valence-corrected chi connectivity index (χ0v) is 12.6. The van der Waals surface area contributed by atoms with Crippen LogP contribution in [0.15, 0.2) is 24.4 Å². The highest BCUT2D eigenvalue weighted by Crippen LogP contribution is 2.25. The van der Waals surface area contributed by atoms with Gasteiger partial charge in [-0.3, -0.25) is 4.98 Å². The van der Waals surface area contributed by atoms with E-state index in [1.165, 1.54) is 16.5 Å². The molecular weight excluding hydrogens is 272 g/mol. The largest absolute Gasteiger partial charge is 0.331 e. The van der Waals surface area contributed by atoms with Crippen LogP contribution in [0.2, 0.25) is 0 Å². The van der Waals surface area contributed by atoms with E-state index in [-0.39, 0.29) is 12.4 Å². The number of halogens is 1. The Hall–Kier alpha value is -1.65. The van der Waals surface area contributed by atoms with Gasteiger partial charge in [-0.15, -0.1) is 12.4 Å². The number of hydrogen-bond donors (Lipinski definition) is 1. The highest BCUT2D eigenvalue weighted by Gasteiger charge is 2.11. The second-order valence-corrected chi connectivity index (χ2v) is 4.99. The molecule has 0 unspecified atom stereocenters. The van der Waals surface area contributed by atoms with Gasteiger partial charge in [0.05, 0.1) is 17.2 Å². The van der Waals surface area contributed by atoms with E-state index in [0.717, 1.165) is 29.7 Å². The fraction of sp³-hybridized carbons (Fsp3) is 0.333. The number of fused-ring (bicyclic) bond motifs is 3. The molecule has 0 amide bonds. The van der Waals surface area contributed by atoms with Gasteiger partial charge >= 0.3 is 0 Å². The first-order valence-corrected chi connectivity index (χ1v) is 6.61. The Morgan fingerprint density at radius 3 is 2.80 bits per heavy atom. The number of aryl methyl sites for hydroxylation is 3. The molecule has 106 valence electrons. The average Bonchev–Trinajstić information content (AvgIpc) is 2.73. The maximum Gasteiger partial charge on any atom is 0.109 e. The Labute approximate surface area is 124 Å². The number of rotatable bonds is 3. The molecule has 5 heteroatoms. The van der Waals surface area contributed by atoms with Crippen LogP contribution in [0.5, 0.6) is 0 Å². The van der Waals surface area contributed by atoms with Gasteiger partial charge in [-0.05, 0) is 32.0 Å². The highest BCUT2D eigenvalue weighted by atomic mass is 35.5. The molecule has 3 rings (SSSR count). The zero-order chi connectivity index (χ0) is 13.4. The van der Waals surface area contributed by atoms with Crippen LogP contribution in [0.25, 0.3) is 21.9 Å². The van der Waals surface area contributed by atoms with E-state index in [1.807, 2.05) is 6.20 Å². The summed E-state index contributed by atoms with van der Waals surface area (Å²) in [6.07, 6.45) is 3.73. The Balaban J connectivity index is 0.00000147. The van der Waals surface area contributed by atoms with Gasteiger partial charge in [0.15, 0.2) is 0 Å². The van der Waals surface area contributed by atoms with Crippen molar-refractivity contribution in [1.29, 1.82) is 0 Å². The summed E-state index contributed by atoms with van der Waals surface area (Å²) in [6.45, 7) is 2.80. The van der Waals surface area contributed by atoms with E-state index >= 15 is 0 Å². The molecule has 2 heterocycles. The van der Waals surface area contributed by atoms with Crippen molar-refractivity contribution < 1.29 is 0 Å². The third-order valence-electron chi connectivity index (χ3n) is 3.55. The molecule has 1 aromatic carbocycles.